The normalized spacial score (nSPS) is 20.4. The van der Waals surface area contributed by atoms with Crippen molar-refractivity contribution < 1.29 is 18.9 Å². The summed E-state index contributed by atoms with van der Waals surface area (Å²) in [5.41, 5.74) is 3.16. The third-order valence-electron chi connectivity index (χ3n) is 2.88. The first-order valence-corrected chi connectivity index (χ1v) is 4.87. The molecule has 0 fully saturated rings. The fourth-order valence-electron chi connectivity index (χ4n) is 2.14. The molecular formula is C13H17Li. The van der Waals surface area contributed by atoms with E-state index in [4.69, 9.17) is 6.42 Å². The molecule has 0 aromatic heterocycles. The van der Waals surface area contributed by atoms with Crippen molar-refractivity contribution in [1.82, 2.24) is 0 Å². The van der Waals surface area contributed by atoms with E-state index >= 15 is 0 Å². The van der Waals surface area contributed by atoms with Crippen LogP contribution in [0.3, 0.4) is 0 Å². The predicted molar refractivity (Wildman–Crippen MR) is 56.6 cm³/mol. The SMILES string of the molecule is [C-]#C/C=C/C1=C(C)CCCC1(C)C.[Li+]. The van der Waals surface area contributed by atoms with Crippen LogP contribution in [-0.4, -0.2) is 0 Å². The van der Waals surface area contributed by atoms with Gasteiger partial charge in [0.25, 0.3) is 0 Å². The third kappa shape index (κ3) is 3.09. The molecule has 0 heterocycles. The van der Waals surface area contributed by atoms with E-state index in [9.17, 15) is 0 Å². The molecule has 0 radical (unpaired) electrons. The first kappa shape index (κ1) is 13.6. The average molecular weight is 180 g/mol. The second-order valence-electron chi connectivity index (χ2n) is 4.41. The van der Waals surface area contributed by atoms with Crippen molar-refractivity contribution in [1.29, 1.82) is 0 Å². The predicted octanol–water partition coefficient (Wildman–Crippen LogP) is 0.663. The van der Waals surface area contributed by atoms with Gasteiger partial charge in [0.1, 0.15) is 0 Å². The summed E-state index contributed by atoms with van der Waals surface area (Å²) < 4.78 is 0. The average Bonchev–Trinajstić information content (AvgIpc) is 2.02. The Hall–Kier alpha value is -0.363. The first-order valence-electron chi connectivity index (χ1n) is 4.87. The zero-order chi connectivity index (χ0) is 9.90. The van der Waals surface area contributed by atoms with E-state index in [1.807, 2.05) is 6.08 Å². The zero-order valence-corrected chi connectivity index (χ0v) is 9.78. The molecular weight excluding hydrogens is 163 g/mol. The molecule has 0 nitrogen and oxygen atoms in total. The summed E-state index contributed by atoms with van der Waals surface area (Å²) in [5, 5.41) is 0. The minimum atomic E-state index is 0. The van der Waals surface area contributed by atoms with Gasteiger partial charge in [0.15, 0.2) is 0 Å². The number of hydrogen-bond donors (Lipinski definition) is 0. The molecule has 0 aliphatic heterocycles. The van der Waals surface area contributed by atoms with E-state index in [1.165, 1.54) is 30.4 Å². The molecule has 70 valence electrons. The maximum absolute atomic E-state index is 6.86. The topological polar surface area (TPSA) is 0 Å². The third-order valence-corrected chi connectivity index (χ3v) is 2.88. The van der Waals surface area contributed by atoms with Gasteiger partial charge < -0.3 is 6.42 Å². The molecule has 1 aliphatic carbocycles. The molecule has 0 N–H and O–H groups in total. The Balaban J connectivity index is 0.00000169. The van der Waals surface area contributed by atoms with Gasteiger partial charge in [-0.3, -0.25) is 5.92 Å². The Morgan fingerprint density at radius 3 is 2.57 bits per heavy atom. The molecule has 14 heavy (non-hydrogen) atoms. The van der Waals surface area contributed by atoms with Crippen molar-refractivity contribution in [2.24, 2.45) is 5.41 Å². The Labute approximate surface area is 100 Å². The number of hydrogen-bond acceptors (Lipinski definition) is 0. The molecule has 0 saturated carbocycles. The molecule has 0 bridgehead atoms. The minimum Gasteiger partial charge on any atom is -0.366 e. The van der Waals surface area contributed by atoms with Crippen molar-refractivity contribution >= 4 is 0 Å². The van der Waals surface area contributed by atoms with Crippen LogP contribution in [0.4, 0.5) is 0 Å². The van der Waals surface area contributed by atoms with Gasteiger partial charge in [0.2, 0.25) is 0 Å². The van der Waals surface area contributed by atoms with Gasteiger partial charge in [-0.2, -0.15) is 6.08 Å². The summed E-state index contributed by atoms with van der Waals surface area (Å²) in [4.78, 5) is 0. The van der Waals surface area contributed by atoms with E-state index < -0.39 is 0 Å². The van der Waals surface area contributed by atoms with Crippen LogP contribution in [0.2, 0.25) is 0 Å². The van der Waals surface area contributed by atoms with E-state index in [0.717, 1.165) is 0 Å². The van der Waals surface area contributed by atoms with Crippen molar-refractivity contribution in [2.45, 2.75) is 40.0 Å². The van der Waals surface area contributed by atoms with E-state index in [0.29, 0.717) is 0 Å². The van der Waals surface area contributed by atoms with Gasteiger partial charge in [-0.1, -0.05) is 25.0 Å². The number of allylic oxidation sites excluding steroid dienone is 4. The quantitative estimate of drug-likeness (QED) is 0.316. The molecule has 1 rings (SSSR count). The van der Waals surface area contributed by atoms with Crippen LogP contribution in [0, 0.1) is 17.8 Å². The molecule has 0 spiro atoms. The first-order chi connectivity index (χ1) is 6.08. The molecule has 0 unspecified atom stereocenters. The van der Waals surface area contributed by atoms with Crippen LogP contribution in [-0.2, 0) is 0 Å². The van der Waals surface area contributed by atoms with E-state index in [2.05, 4.69) is 26.7 Å². The van der Waals surface area contributed by atoms with Gasteiger partial charge in [-0.15, -0.1) is 6.08 Å². The summed E-state index contributed by atoms with van der Waals surface area (Å²) in [6, 6.07) is 0. The minimum absolute atomic E-state index is 0. The molecule has 0 atom stereocenters. The van der Waals surface area contributed by atoms with E-state index in [1.54, 1.807) is 6.08 Å². The Kier molecular flexibility index (Phi) is 5.36. The summed E-state index contributed by atoms with van der Waals surface area (Å²) in [6.07, 6.45) is 14.4. The molecule has 0 aromatic carbocycles. The maximum Gasteiger partial charge on any atom is 1.00 e. The zero-order valence-electron chi connectivity index (χ0n) is 9.78. The molecule has 0 amide bonds. The summed E-state index contributed by atoms with van der Waals surface area (Å²) in [6.45, 7) is 6.75. The maximum atomic E-state index is 6.86. The number of rotatable bonds is 1. The van der Waals surface area contributed by atoms with Gasteiger partial charge in [0.05, 0.1) is 0 Å². The van der Waals surface area contributed by atoms with Crippen LogP contribution in [0.25, 0.3) is 0 Å². The van der Waals surface area contributed by atoms with E-state index in [-0.39, 0.29) is 24.3 Å². The standard InChI is InChI=1S/C13H17.Li/c1-5-6-9-12-11(2)8-7-10-13(12,3)4;/h6,9H,7-8,10H2,2-4H3;/q-1;+1/b9-6+;. The van der Waals surface area contributed by atoms with Crippen molar-refractivity contribution in [3.05, 3.63) is 29.7 Å². The van der Waals surface area contributed by atoms with Gasteiger partial charge in [-0.25, -0.2) is 0 Å². The van der Waals surface area contributed by atoms with Crippen LogP contribution >= 0.6 is 0 Å². The molecule has 1 heteroatoms. The van der Waals surface area contributed by atoms with Gasteiger partial charge in [0, 0.05) is 0 Å². The van der Waals surface area contributed by atoms with Crippen LogP contribution in [0.1, 0.15) is 40.0 Å². The second-order valence-corrected chi connectivity index (χ2v) is 4.41. The second kappa shape index (κ2) is 5.50. The van der Waals surface area contributed by atoms with Crippen molar-refractivity contribution in [2.75, 3.05) is 0 Å². The Bertz CT molecular complexity index is 287. The van der Waals surface area contributed by atoms with Crippen LogP contribution in [0.5, 0.6) is 0 Å². The monoisotopic (exact) mass is 180 g/mol. The largest absolute Gasteiger partial charge is 1.00 e. The van der Waals surface area contributed by atoms with Crippen molar-refractivity contribution in [3.8, 4) is 5.92 Å². The van der Waals surface area contributed by atoms with Crippen LogP contribution in [0.15, 0.2) is 23.3 Å². The smallest absolute Gasteiger partial charge is 0.366 e. The fourth-order valence-corrected chi connectivity index (χ4v) is 2.14. The molecule has 0 saturated heterocycles. The fraction of sp³-hybridized carbons (Fsp3) is 0.538. The Morgan fingerprint density at radius 1 is 1.43 bits per heavy atom. The Morgan fingerprint density at radius 2 is 2.07 bits per heavy atom. The van der Waals surface area contributed by atoms with Gasteiger partial charge >= 0.3 is 18.9 Å². The molecule has 1 aliphatic rings. The van der Waals surface area contributed by atoms with Crippen molar-refractivity contribution in [3.63, 3.8) is 0 Å². The molecule has 0 aromatic rings. The summed E-state index contributed by atoms with van der Waals surface area (Å²) in [7, 11) is 0. The summed E-state index contributed by atoms with van der Waals surface area (Å²) >= 11 is 0. The van der Waals surface area contributed by atoms with Crippen LogP contribution < -0.4 is 18.9 Å². The summed E-state index contributed by atoms with van der Waals surface area (Å²) in [5.74, 6) is 2.31. The van der Waals surface area contributed by atoms with Gasteiger partial charge in [-0.05, 0) is 31.6 Å².